The first-order valence-corrected chi connectivity index (χ1v) is 14.7. The van der Waals surface area contributed by atoms with Crippen LogP contribution in [0.5, 0.6) is 0 Å². The Balaban J connectivity index is 1.00. The van der Waals surface area contributed by atoms with Crippen molar-refractivity contribution in [2.24, 2.45) is 0 Å². The predicted molar refractivity (Wildman–Crippen MR) is 164 cm³/mol. The van der Waals surface area contributed by atoms with Crippen LogP contribution in [-0.4, -0.2) is 60.2 Å². The standard InChI is InChI=1S/C34H36N4O4/c39-33(25-6-2-7-26(20-25)34(40)42-23-30-10-4-18-41-30)37-29-9-1-5-24(19-29)22-38-16-13-28(14-17-38)36-32-11-3-8-27-21-35-15-12-31(27)32/h1-3,5-9,11-12,15,19-21,28,30,36H,4,10,13-14,16-18,22-23H2,(H,37,39). The Morgan fingerprint density at radius 1 is 0.952 bits per heavy atom. The Hall–Kier alpha value is -4.27. The maximum atomic E-state index is 13.0. The van der Waals surface area contributed by atoms with Gasteiger partial charge in [0.1, 0.15) is 6.61 Å². The molecular weight excluding hydrogens is 528 g/mol. The fourth-order valence-electron chi connectivity index (χ4n) is 5.73. The zero-order chi connectivity index (χ0) is 28.7. The average molecular weight is 565 g/mol. The minimum Gasteiger partial charge on any atom is -0.459 e. The van der Waals surface area contributed by atoms with Crippen LogP contribution in [0.4, 0.5) is 11.4 Å². The van der Waals surface area contributed by atoms with E-state index in [0.29, 0.717) is 23.8 Å². The van der Waals surface area contributed by atoms with Crippen molar-refractivity contribution in [3.8, 4) is 0 Å². The van der Waals surface area contributed by atoms with Crippen molar-refractivity contribution in [2.45, 2.75) is 44.4 Å². The van der Waals surface area contributed by atoms with E-state index in [-0.39, 0.29) is 18.6 Å². The number of pyridine rings is 1. The number of aromatic nitrogens is 1. The number of nitrogens with one attached hydrogen (secondary N) is 2. The lowest BCUT2D eigenvalue weighted by molar-refractivity contribution is 0.0161. The van der Waals surface area contributed by atoms with E-state index < -0.39 is 5.97 Å². The van der Waals surface area contributed by atoms with Gasteiger partial charge in [0.25, 0.3) is 5.91 Å². The van der Waals surface area contributed by atoms with Crippen molar-refractivity contribution in [1.29, 1.82) is 0 Å². The second-order valence-corrected chi connectivity index (χ2v) is 11.1. The molecule has 42 heavy (non-hydrogen) atoms. The summed E-state index contributed by atoms with van der Waals surface area (Å²) in [6.07, 6.45) is 7.71. The molecule has 6 rings (SSSR count). The minimum atomic E-state index is -0.449. The second kappa shape index (κ2) is 13.1. The fourth-order valence-corrected chi connectivity index (χ4v) is 5.73. The molecule has 2 saturated heterocycles. The molecule has 3 heterocycles. The number of likely N-dealkylation sites (tertiary alicyclic amines) is 1. The van der Waals surface area contributed by atoms with Gasteiger partial charge in [0, 0.05) is 72.4 Å². The molecule has 2 fully saturated rings. The summed E-state index contributed by atoms with van der Waals surface area (Å²) in [6.45, 7) is 3.76. The van der Waals surface area contributed by atoms with Gasteiger partial charge in [-0.15, -0.1) is 0 Å². The predicted octanol–water partition coefficient (Wildman–Crippen LogP) is 5.90. The molecule has 3 aromatic carbocycles. The number of carbonyl (C=O) groups is 2. The molecule has 8 heteroatoms. The number of piperidine rings is 1. The monoisotopic (exact) mass is 564 g/mol. The number of esters is 1. The number of benzene rings is 3. The number of anilines is 2. The fraction of sp³-hybridized carbons (Fsp3) is 0.324. The van der Waals surface area contributed by atoms with Gasteiger partial charge in [0.05, 0.1) is 11.7 Å². The van der Waals surface area contributed by atoms with Gasteiger partial charge in [-0.25, -0.2) is 4.79 Å². The molecule has 0 aliphatic carbocycles. The third-order valence-electron chi connectivity index (χ3n) is 8.00. The zero-order valence-electron chi connectivity index (χ0n) is 23.6. The number of carbonyl (C=O) groups excluding carboxylic acids is 2. The molecule has 2 N–H and O–H groups in total. The van der Waals surface area contributed by atoms with Gasteiger partial charge < -0.3 is 20.1 Å². The summed E-state index contributed by atoms with van der Waals surface area (Å²) in [5.74, 6) is -0.715. The minimum absolute atomic E-state index is 0.0382. The lowest BCUT2D eigenvalue weighted by atomic mass is 10.0. The second-order valence-electron chi connectivity index (χ2n) is 11.1. The first-order chi connectivity index (χ1) is 20.6. The topological polar surface area (TPSA) is 92.8 Å². The van der Waals surface area contributed by atoms with Crippen LogP contribution in [-0.2, 0) is 16.0 Å². The largest absolute Gasteiger partial charge is 0.459 e. The summed E-state index contributed by atoms with van der Waals surface area (Å²) in [7, 11) is 0. The van der Waals surface area contributed by atoms with E-state index in [1.165, 1.54) is 5.39 Å². The Labute approximate surface area is 246 Å². The summed E-state index contributed by atoms with van der Waals surface area (Å²) < 4.78 is 10.9. The maximum absolute atomic E-state index is 13.0. The number of amides is 1. The van der Waals surface area contributed by atoms with Gasteiger partial charge in [-0.2, -0.15) is 0 Å². The summed E-state index contributed by atoms with van der Waals surface area (Å²) in [6, 6.07) is 23.4. The number of ether oxygens (including phenoxy) is 2. The van der Waals surface area contributed by atoms with Gasteiger partial charge in [-0.1, -0.05) is 30.3 Å². The Bertz CT molecular complexity index is 1540. The van der Waals surface area contributed by atoms with Crippen LogP contribution in [0, 0.1) is 0 Å². The maximum Gasteiger partial charge on any atom is 0.338 e. The normalized spacial score (nSPS) is 17.7. The smallest absolute Gasteiger partial charge is 0.338 e. The van der Waals surface area contributed by atoms with Crippen LogP contribution in [0.25, 0.3) is 10.8 Å². The highest BCUT2D eigenvalue weighted by Crippen LogP contribution is 2.26. The SMILES string of the molecule is O=C(Nc1cccc(CN2CCC(Nc3cccc4cnccc34)CC2)c1)c1cccc(C(=O)OCC2CCCO2)c1. The Morgan fingerprint density at radius 2 is 1.79 bits per heavy atom. The van der Waals surface area contributed by atoms with E-state index in [9.17, 15) is 9.59 Å². The van der Waals surface area contributed by atoms with Crippen LogP contribution in [0.3, 0.4) is 0 Å². The number of fused-ring (bicyclic) bond motifs is 1. The summed E-state index contributed by atoms with van der Waals surface area (Å²) in [5, 5.41) is 9.08. The molecule has 0 saturated carbocycles. The van der Waals surface area contributed by atoms with E-state index in [1.807, 2.05) is 30.6 Å². The molecule has 0 spiro atoms. The van der Waals surface area contributed by atoms with Crippen molar-refractivity contribution in [2.75, 3.05) is 36.9 Å². The quantitative estimate of drug-likeness (QED) is 0.245. The van der Waals surface area contributed by atoms with Crippen molar-refractivity contribution in [3.05, 3.63) is 102 Å². The summed E-state index contributed by atoms with van der Waals surface area (Å²) in [4.78, 5) is 32.2. The zero-order valence-corrected chi connectivity index (χ0v) is 23.6. The third-order valence-corrected chi connectivity index (χ3v) is 8.00. The highest BCUT2D eigenvalue weighted by atomic mass is 16.6. The summed E-state index contributed by atoms with van der Waals surface area (Å²) >= 11 is 0. The van der Waals surface area contributed by atoms with E-state index in [2.05, 4.69) is 50.8 Å². The molecule has 8 nitrogen and oxygen atoms in total. The van der Waals surface area contributed by atoms with Crippen LogP contribution < -0.4 is 10.6 Å². The lowest BCUT2D eigenvalue weighted by Crippen LogP contribution is -2.38. The highest BCUT2D eigenvalue weighted by Gasteiger charge is 2.21. The van der Waals surface area contributed by atoms with Crippen LogP contribution in [0.15, 0.2) is 85.2 Å². The first-order valence-electron chi connectivity index (χ1n) is 14.7. The number of hydrogen-bond acceptors (Lipinski definition) is 7. The molecule has 0 bridgehead atoms. The molecule has 2 aliphatic rings. The van der Waals surface area contributed by atoms with Crippen molar-refractivity contribution < 1.29 is 19.1 Å². The Kier molecular flexibility index (Phi) is 8.72. The number of hydrogen-bond donors (Lipinski definition) is 2. The molecule has 216 valence electrons. The third kappa shape index (κ3) is 6.95. The molecule has 2 aliphatic heterocycles. The van der Waals surface area contributed by atoms with E-state index >= 15 is 0 Å². The van der Waals surface area contributed by atoms with Crippen LogP contribution in [0.1, 0.15) is 52.0 Å². The van der Waals surface area contributed by atoms with E-state index in [4.69, 9.17) is 9.47 Å². The molecular formula is C34H36N4O4. The van der Waals surface area contributed by atoms with Gasteiger partial charge in [-0.05, 0) is 73.7 Å². The number of nitrogens with zero attached hydrogens (tertiary/aromatic N) is 2. The van der Waals surface area contributed by atoms with Crippen molar-refractivity contribution in [1.82, 2.24) is 9.88 Å². The van der Waals surface area contributed by atoms with Crippen LogP contribution in [0.2, 0.25) is 0 Å². The molecule has 1 unspecified atom stereocenters. The summed E-state index contributed by atoms with van der Waals surface area (Å²) in [5.41, 5.74) is 3.80. The number of rotatable bonds is 9. The average Bonchev–Trinajstić information content (AvgIpc) is 3.55. The van der Waals surface area contributed by atoms with Gasteiger partial charge in [0.2, 0.25) is 0 Å². The Morgan fingerprint density at radius 3 is 2.64 bits per heavy atom. The van der Waals surface area contributed by atoms with Gasteiger partial charge >= 0.3 is 5.97 Å². The van der Waals surface area contributed by atoms with Gasteiger partial charge in [0.15, 0.2) is 0 Å². The highest BCUT2D eigenvalue weighted by molar-refractivity contribution is 6.05. The molecule has 0 radical (unpaired) electrons. The first kappa shape index (κ1) is 27.9. The van der Waals surface area contributed by atoms with E-state index in [0.717, 1.165) is 67.6 Å². The van der Waals surface area contributed by atoms with Crippen LogP contribution >= 0.6 is 0 Å². The van der Waals surface area contributed by atoms with E-state index in [1.54, 1.807) is 24.3 Å². The van der Waals surface area contributed by atoms with Gasteiger partial charge in [-0.3, -0.25) is 14.7 Å². The molecule has 4 aromatic rings. The molecule has 1 aromatic heterocycles. The molecule has 1 atom stereocenters. The van der Waals surface area contributed by atoms with Crippen molar-refractivity contribution >= 4 is 34.0 Å². The molecule has 1 amide bonds. The van der Waals surface area contributed by atoms with Crippen molar-refractivity contribution in [3.63, 3.8) is 0 Å². The lowest BCUT2D eigenvalue weighted by Gasteiger charge is -2.33.